The van der Waals surface area contributed by atoms with Gasteiger partial charge >= 0.3 is 0 Å². The fourth-order valence-electron chi connectivity index (χ4n) is 3.28. The molecule has 1 saturated heterocycles. The minimum Gasteiger partial charge on any atom is -0.385 e. The minimum absolute atomic E-state index is 0. The Hall–Kier alpha value is -0.900. The minimum atomic E-state index is 0. The van der Waals surface area contributed by atoms with Gasteiger partial charge in [-0.05, 0) is 51.2 Å². The molecule has 0 radical (unpaired) electrons. The van der Waals surface area contributed by atoms with Gasteiger partial charge in [-0.2, -0.15) is 0 Å². The molecule has 172 valence electrons. The van der Waals surface area contributed by atoms with Crippen LogP contribution in [0, 0.1) is 0 Å². The monoisotopic (exact) mass is 533 g/mol. The molecular weight excluding hydrogens is 493 g/mol. The number of halogens is 1. The van der Waals surface area contributed by atoms with Gasteiger partial charge in [0.2, 0.25) is 0 Å². The number of ether oxygens (including phenoxy) is 3. The second kappa shape index (κ2) is 15.8. The van der Waals surface area contributed by atoms with Gasteiger partial charge in [0.25, 0.3) is 0 Å². The Morgan fingerprint density at radius 1 is 1.13 bits per heavy atom. The van der Waals surface area contributed by atoms with Crippen LogP contribution in [0.4, 0.5) is 0 Å². The molecule has 0 saturated carbocycles. The Labute approximate surface area is 199 Å². The van der Waals surface area contributed by atoms with Crippen molar-refractivity contribution in [3.63, 3.8) is 0 Å². The van der Waals surface area contributed by atoms with Crippen LogP contribution >= 0.6 is 24.0 Å². The summed E-state index contributed by atoms with van der Waals surface area (Å²) in [7, 11) is 1.73. The summed E-state index contributed by atoms with van der Waals surface area (Å²) in [4.78, 5) is 7.22. The van der Waals surface area contributed by atoms with Crippen molar-refractivity contribution in [1.82, 2.24) is 10.2 Å². The predicted octanol–water partition coefficient (Wildman–Crippen LogP) is 4.21. The van der Waals surface area contributed by atoms with E-state index in [9.17, 15) is 0 Å². The summed E-state index contributed by atoms with van der Waals surface area (Å²) in [6, 6.07) is 8.55. The summed E-state index contributed by atoms with van der Waals surface area (Å²) >= 11 is 0. The van der Waals surface area contributed by atoms with E-state index in [4.69, 9.17) is 19.2 Å². The Morgan fingerprint density at radius 3 is 2.40 bits per heavy atom. The molecule has 1 aromatic rings. The largest absolute Gasteiger partial charge is 0.385 e. The molecule has 0 atom stereocenters. The Morgan fingerprint density at radius 2 is 1.80 bits per heavy atom. The van der Waals surface area contributed by atoms with Gasteiger partial charge in [0.05, 0.1) is 25.4 Å². The first-order valence-electron chi connectivity index (χ1n) is 11.0. The van der Waals surface area contributed by atoms with E-state index in [0.717, 1.165) is 58.1 Å². The second-order valence-electron chi connectivity index (χ2n) is 7.75. The number of methoxy groups -OCH3 is 1. The standard InChI is InChI=1S/C23H39N3O3.HI/c1-5-24-23(26-13-11-22(12-14-26)28-16-6-15-27-4)25-17-20-7-9-21(10-8-20)18-29-19(2)3;/h7-10,19,22H,5-6,11-18H2,1-4H3,(H,24,25);1H. The molecule has 2 rings (SSSR count). The quantitative estimate of drug-likeness (QED) is 0.200. The predicted molar refractivity (Wildman–Crippen MR) is 134 cm³/mol. The zero-order valence-corrected chi connectivity index (χ0v) is 21.4. The average Bonchev–Trinajstić information content (AvgIpc) is 2.74. The molecule has 1 heterocycles. The zero-order chi connectivity index (χ0) is 20.9. The maximum atomic E-state index is 5.97. The fourth-order valence-corrected chi connectivity index (χ4v) is 3.28. The molecular formula is C23H40IN3O3. The van der Waals surface area contributed by atoms with E-state index in [1.54, 1.807) is 7.11 Å². The number of benzene rings is 1. The number of nitrogens with one attached hydrogen (secondary N) is 1. The third-order valence-electron chi connectivity index (χ3n) is 4.94. The molecule has 0 aromatic heterocycles. The maximum absolute atomic E-state index is 5.97. The van der Waals surface area contributed by atoms with Gasteiger partial charge in [0.15, 0.2) is 5.96 Å². The Balaban J connectivity index is 0.00000450. The van der Waals surface area contributed by atoms with Crippen LogP contribution in [0.25, 0.3) is 0 Å². The molecule has 0 unspecified atom stereocenters. The molecule has 7 heteroatoms. The van der Waals surface area contributed by atoms with E-state index >= 15 is 0 Å². The summed E-state index contributed by atoms with van der Waals surface area (Å²) in [6.07, 6.45) is 3.65. The van der Waals surface area contributed by atoms with E-state index < -0.39 is 0 Å². The first-order chi connectivity index (χ1) is 14.1. The Kier molecular flexibility index (Phi) is 14.3. The highest BCUT2D eigenvalue weighted by atomic mass is 127. The number of hydrogen-bond acceptors (Lipinski definition) is 4. The van der Waals surface area contributed by atoms with Crippen LogP contribution in [-0.2, 0) is 27.4 Å². The van der Waals surface area contributed by atoms with Crippen molar-refractivity contribution < 1.29 is 14.2 Å². The molecule has 1 fully saturated rings. The van der Waals surface area contributed by atoms with Gasteiger partial charge in [-0.25, -0.2) is 4.99 Å². The van der Waals surface area contributed by atoms with Gasteiger partial charge in [-0.1, -0.05) is 24.3 Å². The number of hydrogen-bond donors (Lipinski definition) is 1. The average molecular weight is 533 g/mol. The lowest BCUT2D eigenvalue weighted by Crippen LogP contribution is -2.47. The van der Waals surface area contributed by atoms with Crippen molar-refractivity contribution in [2.45, 2.75) is 65.4 Å². The number of aliphatic imine (C=N–C) groups is 1. The highest BCUT2D eigenvalue weighted by Gasteiger charge is 2.21. The molecule has 1 aliphatic rings. The first-order valence-corrected chi connectivity index (χ1v) is 11.0. The lowest BCUT2D eigenvalue weighted by molar-refractivity contribution is 0.00990. The molecule has 0 spiro atoms. The number of rotatable bonds is 11. The van der Waals surface area contributed by atoms with Crippen LogP contribution < -0.4 is 5.32 Å². The van der Waals surface area contributed by atoms with Crippen molar-refractivity contribution in [1.29, 1.82) is 0 Å². The third-order valence-corrected chi connectivity index (χ3v) is 4.94. The van der Waals surface area contributed by atoms with E-state index in [2.05, 4.69) is 55.3 Å². The number of guanidine groups is 1. The molecule has 0 aliphatic carbocycles. The smallest absolute Gasteiger partial charge is 0.194 e. The lowest BCUT2D eigenvalue weighted by atomic mass is 10.1. The molecule has 6 nitrogen and oxygen atoms in total. The summed E-state index contributed by atoms with van der Waals surface area (Å²) in [6.45, 7) is 11.9. The maximum Gasteiger partial charge on any atom is 0.194 e. The highest BCUT2D eigenvalue weighted by molar-refractivity contribution is 14.0. The number of piperidine rings is 1. The van der Waals surface area contributed by atoms with Crippen molar-refractivity contribution in [3.8, 4) is 0 Å². The fraction of sp³-hybridized carbons (Fsp3) is 0.696. The summed E-state index contributed by atoms with van der Waals surface area (Å²) in [5.74, 6) is 0.998. The van der Waals surface area contributed by atoms with Crippen LogP contribution in [0.2, 0.25) is 0 Å². The molecule has 1 aliphatic heterocycles. The van der Waals surface area contributed by atoms with Gasteiger partial charge in [-0.15, -0.1) is 24.0 Å². The zero-order valence-electron chi connectivity index (χ0n) is 19.1. The van der Waals surface area contributed by atoms with E-state index in [-0.39, 0.29) is 30.1 Å². The third kappa shape index (κ3) is 10.4. The number of nitrogens with zero attached hydrogens (tertiary/aromatic N) is 2. The van der Waals surface area contributed by atoms with Gasteiger partial charge < -0.3 is 24.4 Å². The normalized spacial score (nSPS) is 15.4. The lowest BCUT2D eigenvalue weighted by Gasteiger charge is -2.34. The van der Waals surface area contributed by atoms with Gasteiger partial charge in [-0.3, -0.25) is 0 Å². The van der Waals surface area contributed by atoms with Crippen LogP contribution in [0.3, 0.4) is 0 Å². The summed E-state index contributed by atoms with van der Waals surface area (Å²) < 4.78 is 16.7. The van der Waals surface area contributed by atoms with Gasteiger partial charge in [0, 0.05) is 40.0 Å². The molecule has 1 N–H and O–H groups in total. The molecule has 30 heavy (non-hydrogen) atoms. The second-order valence-corrected chi connectivity index (χ2v) is 7.75. The SMILES string of the molecule is CCNC(=NCc1ccc(COC(C)C)cc1)N1CCC(OCCCOC)CC1.I. The molecule has 0 amide bonds. The Bertz CT molecular complexity index is 588. The van der Waals surface area contributed by atoms with Gasteiger partial charge in [0.1, 0.15) is 0 Å². The van der Waals surface area contributed by atoms with Crippen molar-refractivity contribution in [3.05, 3.63) is 35.4 Å². The van der Waals surface area contributed by atoms with Crippen LogP contribution in [0.5, 0.6) is 0 Å². The van der Waals surface area contributed by atoms with Crippen molar-refractivity contribution in [2.75, 3.05) is 40.0 Å². The highest BCUT2D eigenvalue weighted by Crippen LogP contribution is 2.15. The van der Waals surface area contributed by atoms with Crippen molar-refractivity contribution >= 4 is 29.9 Å². The van der Waals surface area contributed by atoms with E-state index in [1.165, 1.54) is 11.1 Å². The number of likely N-dealkylation sites (tertiary alicyclic amines) is 1. The van der Waals surface area contributed by atoms with E-state index in [0.29, 0.717) is 19.3 Å². The van der Waals surface area contributed by atoms with Crippen LogP contribution in [-0.4, -0.2) is 63.0 Å². The first kappa shape index (κ1) is 27.1. The topological polar surface area (TPSA) is 55.3 Å². The summed E-state index contributed by atoms with van der Waals surface area (Å²) in [5, 5.41) is 3.44. The molecule has 1 aromatic carbocycles. The van der Waals surface area contributed by atoms with Crippen LogP contribution in [0.1, 0.15) is 51.2 Å². The van der Waals surface area contributed by atoms with Crippen LogP contribution in [0.15, 0.2) is 29.3 Å². The van der Waals surface area contributed by atoms with E-state index in [1.807, 2.05) is 0 Å². The molecule has 0 bridgehead atoms. The van der Waals surface area contributed by atoms with Crippen molar-refractivity contribution in [2.24, 2.45) is 4.99 Å². The summed E-state index contributed by atoms with van der Waals surface area (Å²) in [5.41, 5.74) is 2.41.